The van der Waals surface area contributed by atoms with E-state index in [0.717, 1.165) is 51.2 Å². The van der Waals surface area contributed by atoms with Gasteiger partial charge in [-0.3, -0.25) is 0 Å². The smallest absolute Gasteiger partial charge is 0.0545 e. The zero-order valence-corrected chi connectivity index (χ0v) is 47.0. The SMILES string of the molecule is CC(C)(C)c1ccc(N(c2ccccc2)c2ccc3c(c2)C(C)(C)c2cc(N(c4ccccc4)c4ccc(C(C)(C)C)cc4)cc4c2N3c2ccc(N(c3ccccc3)c3ccc(C(C)(C)C)cc3)cc2C4(C)C)cc1. The van der Waals surface area contributed by atoms with Gasteiger partial charge in [-0.2, -0.15) is 0 Å². The molecule has 0 bridgehead atoms. The van der Waals surface area contributed by atoms with Crippen LogP contribution in [0.3, 0.4) is 0 Å². The van der Waals surface area contributed by atoms with Crippen molar-refractivity contribution in [3.63, 3.8) is 0 Å². The van der Waals surface area contributed by atoms with Crippen molar-refractivity contribution < 1.29 is 0 Å². The Morgan fingerprint density at radius 2 is 0.526 bits per heavy atom. The second kappa shape index (κ2) is 18.5. The van der Waals surface area contributed by atoms with Crippen molar-refractivity contribution in [2.24, 2.45) is 0 Å². The van der Waals surface area contributed by atoms with E-state index in [1.165, 1.54) is 56.0 Å². The lowest BCUT2D eigenvalue weighted by Gasteiger charge is -2.50. The van der Waals surface area contributed by atoms with Gasteiger partial charge in [0.15, 0.2) is 0 Å². The summed E-state index contributed by atoms with van der Waals surface area (Å²) < 4.78 is 0. The maximum absolute atomic E-state index is 2.60. The monoisotopic (exact) mass is 995 g/mol. The molecule has 76 heavy (non-hydrogen) atoms. The molecule has 0 N–H and O–H groups in total. The molecule has 9 aromatic carbocycles. The molecule has 0 saturated carbocycles. The van der Waals surface area contributed by atoms with Crippen LogP contribution in [-0.2, 0) is 27.1 Å². The fourth-order valence-corrected chi connectivity index (χ4v) is 11.7. The fraction of sp³-hybridized carbons (Fsp3) is 0.250. The number of fused-ring (bicyclic) bond motifs is 4. The van der Waals surface area contributed by atoms with Gasteiger partial charge in [-0.05, 0) is 177 Å². The molecule has 0 radical (unpaired) electrons. The first-order chi connectivity index (χ1) is 36.1. The Morgan fingerprint density at radius 3 is 0.816 bits per heavy atom. The highest BCUT2D eigenvalue weighted by molar-refractivity contribution is 5.97. The van der Waals surface area contributed by atoms with E-state index >= 15 is 0 Å². The largest absolute Gasteiger partial charge is 0.310 e. The molecule has 0 aliphatic carbocycles. The van der Waals surface area contributed by atoms with Crippen LogP contribution in [-0.4, -0.2) is 0 Å². The Kier molecular flexibility index (Phi) is 12.2. The molecule has 2 aliphatic heterocycles. The molecule has 0 spiro atoms. The van der Waals surface area contributed by atoms with Gasteiger partial charge in [0.1, 0.15) is 0 Å². The van der Waals surface area contributed by atoms with Gasteiger partial charge in [-0.1, -0.05) is 181 Å². The highest BCUT2D eigenvalue weighted by Crippen LogP contribution is 2.62. The van der Waals surface area contributed by atoms with Gasteiger partial charge in [0.25, 0.3) is 0 Å². The summed E-state index contributed by atoms with van der Waals surface area (Å²) in [5.41, 5.74) is 22.1. The highest BCUT2D eigenvalue weighted by Gasteiger charge is 2.47. The average Bonchev–Trinajstić information content (AvgIpc) is 3.49. The summed E-state index contributed by atoms with van der Waals surface area (Å²) >= 11 is 0. The molecule has 0 unspecified atom stereocenters. The van der Waals surface area contributed by atoms with Crippen LogP contribution in [0.2, 0.25) is 0 Å². The summed E-state index contributed by atoms with van der Waals surface area (Å²) in [6.07, 6.45) is 0. The van der Waals surface area contributed by atoms with Crippen LogP contribution in [0.1, 0.15) is 129 Å². The molecule has 0 atom stereocenters. The molecule has 0 amide bonds. The third-order valence-electron chi connectivity index (χ3n) is 16.2. The minimum atomic E-state index is -0.421. The summed E-state index contributed by atoms with van der Waals surface area (Å²) in [6, 6.07) is 79.5. The van der Waals surface area contributed by atoms with Crippen LogP contribution in [0.15, 0.2) is 212 Å². The number of nitrogens with zero attached hydrogens (tertiary/aromatic N) is 4. The molecular formula is C72H74N4. The first kappa shape index (κ1) is 50.3. The maximum atomic E-state index is 2.60. The lowest BCUT2D eigenvalue weighted by Crippen LogP contribution is -2.38. The standard InChI is InChI=1S/C72H74N4/c1-68(2,3)49-29-35-55(36-30-49)73(52-23-17-14-18-24-52)58-41-43-65-61(45-58)71(10,11)63-47-60(75(54-27-21-16-22-28-54)57-39-33-51(34-40-57)70(7,8)9)48-64-67(63)76(65)66-44-42-59(46-62(66)72(64,12)13)74(53-25-19-15-20-26-53)56-37-31-50(32-38-56)69(4,5)6/h14-48H,1-13H3. The number of rotatable bonds is 9. The summed E-state index contributed by atoms with van der Waals surface area (Å²) in [4.78, 5) is 9.91. The Bertz CT molecular complexity index is 3370. The van der Waals surface area contributed by atoms with Gasteiger partial charge in [0, 0.05) is 62.0 Å². The maximum Gasteiger partial charge on any atom is 0.0545 e. The van der Waals surface area contributed by atoms with Gasteiger partial charge in [0.05, 0.1) is 17.1 Å². The van der Waals surface area contributed by atoms with E-state index in [-0.39, 0.29) is 16.2 Å². The fourth-order valence-electron chi connectivity index (χ4n) is 11.7. The minimum absolute atomic E-state index is 0.0278. The molecule has 4 heteroatoms. The van der Waals surface area contributed by atoms with Crippen LogP contribution in [0, 0.1) is 0 Å². The van der Waals surface area contributed by atoms with Crippen LogP contribution in [0.25, 0.3) is 0 Å². The summed E-state index contributed by atoms with van der Waals surface area (Å²) in [6.45, 7) is 30.3. The molecular weight excluding hydrogens is 921 g/mol. The molecule has 9 aromatic rings. The number of anilines is 12. The van der Waals surface area contributed by atoms with Crippen molar-refractivity contribution in [3.8, 4) is 0 Å². The molecule has 0 saturated heterocycles. The Hall–Kier alpha value is -7.82. The van der Waals surface area contributed by atoms with Crippen LogP contribution < -0.4 is 19.6 Å². The van der Waals surface area contributed by atoms with Crippen molar-refractivity contribution in [1.29, 1.82) is 0 Å². The van der Waals surface area contributed by atoms with Crippen molar-refractivity contribution in [3.05, 3.63) is 251 Å². The Morgan fingerprint density at radius 1 is 0.276 bits per heavy atom. The van der Waals surface area contributed by atoms with E-state index in [1.54, 1.807) is 0 Å². The van der Waals surface area contributed by atoms with Gasteiger partial charge in [0.2, 0.25) is 0 Å². The van der Waals surface area contributed by atoms with Gasteiger partial charge >= 0.3 is 0 Å². The van der Waals surface area contributed by atoms with E-state index in [9.17, 15) is 0 Å². The predicted molar refractivity (Wildman–Crippen MR) is 326 cm³/mol. The van der Waals surface area contributed by atoms with Crippen molar-refractivity contribution in [1.82, 2.24) is 0 Å². The third-order valence-corrected chi connectivity index (χ3v) is 16.2. The number of benzene rings is 9. The minimum Gasteiger partial charge on any atom is -0.310 e. The van der Waals surface area contributed by atoms with Crippen molar-refractivity contribution in [2.45, 2.75) is 117 Å². The Labute approximate surface area is 453 Å². The molecule has 0 fully saturated rings. The summed E-state index contributed by atoms with van der Waals surface area (Å²) in [5.74, 6) is 0. The lowest BCUT2D eigenvalue weighted by molar-refractivity contribution is 0.590. The van der Waals surface area contributed by atoms with Crippen molar-refractivity contribution >= 4 is 68.2 Å². The first-order valence-corrected chi connectivity index (χ1v) is 27.3. The first-order valence-electron chi connectivity index (χ1n) is 27.3. The Balaban J connectivity index is 1.16. The van der Waals surface area contributed by atoms with Gasteiger partial charge < -0.3 is 19.6 Å². The van der Waals surface area contributed by atoms with Crippen LogP contribution in [0.5, 0.6) is 0 Å². The van der Waals surface area contributed by atoms with E-state index in [4.69, 9.17) is 0 Å². The molecule has 4 nitrogen and oxygen atoms in total. The molecule has 11 rings (SSSR count). The molecule has 2 aliphatic rings. The second-order valence-electron chi connectivity index (χ2n) is 25.3. The number of hydrogen-bond acceptors (Lipinski definition) is 4. The number of para-hydroxylation sites is 3. The van der Waals surface area contributed by atoms with E-state index in [2.05, 4.69) is 322 Å². The number of hydrogen-bond donors (Lipinski definition) is 0. The zero-order chi connectivity index (χ0) is 53.5. The molecule has 0 aromatic heterocycles. The summed E-state index contributed by atoms with van der Waals surface area (Å²) in [7, 11) is 0. The van der Waals surface area contributed by atoms with E-state index < -0.39 is 10.8 Å². The van der Waals surface area contributed by atoms with Gasteiger partial charge in [-0.15, -0.1) is 0 Å². The van der Waals surface area contributed by atoms with E-state index in [0.29, 0.717) is 0 Å². The van der Waals surface area contributed by atoms with Crippen LogP contribution in [0.4, 0.5) is 68.2 Å². The predicted octanol–water partition coefficient (Wildman–Crippen LogP) is 20.7. The lowest BCUT2D eigenvalue weighted by atomic mass is 9.66. The second-order valence-corrected chi connectivity index (χ2v) is 25.3. The summed E-state index contributed by atoms with van der Waals surface area (Å²) in [5, 5.41) is 0. The van der Waals surface area contributed by atoms with Crippen LogP contribution >= 0.6 is 0 Å². The quantitative estimate of drug-likeness (QED) is 0.143. The van der Waals surface area contributed by atoms with Gasteiger partial charge in [-0.25, -0.2) is 0 Å². The van der Waals surface area contributed by atoms with Crippen molar-refractivity contribution in [2.75, 3.05) is 19.6 Å². The highest BCUT2D eigenvalue weighted by atomic mass is 15.2. The zero-order valence-electron chi connectivity index (χ0n) is 47.0. The topological polar surface area (TPSA) is 13.0 Å². The average molecular weight is 995 g/mol. The normalized spacial score (nSPS) is 14.3. The third kappa shape index (κ3) is 8.86. The van der Waals surface area contributed by atoms with E-state index in [1.807, 2.05) is 0 Å². The molecule has 2 heterocycles. The molecule has 382 valence electrons.